The summed E-state index contributed by atoms with van der Waals surface area (Å²) in [5.74, 6) is -0.0211. The molecular formula is C26H40N4O2S. The van der Waals surface area contributed by atoms with Gasteiger partial charge in [0.15, 0.2) is 0 Å². The monoisotopic (exact) mass is 472 g/mol. The zero-order valence-corrected chi connectivity index (χ0v) is 22.0. The van der Waals surface area contributed by atoms with E-state index < -0.39 is 6.04 Å². The summed E-state index contributed by atoms with van der Waals surface area (Å²) in [4.78, 5) is 29.6. The summed E-state index contributed by atoms with van der Waals surface area (Å²) in [6, 6.07) is 7.90. The van der Waals surface area contributed by atoms with Crippen LogP contribution < -0.4 is 10.6 Å². The van der Waals surface area contributed by atoms with Gasteiger partial charge in [0.05, 0.1) is 10.9 Å². The molecule has 33 heavy (non-hydrogen) atoms. The molecule has 0 aliphatic carbocycles. The molecule has 1 aliphatic rings. The first-order chi connectivity index (χ1) is 15.5. The van der Waals surface area contributed by atoms with E-state index in [0.717, 1.165) is 24.8 Å². The van der Waals surface area contributed by atoms with Crippen molar-refractivity contribution in [3.05, 3.63) is 35.5 Å². The van der Waals surface area contributed by atoms with Gasteiger partial charge in [-0.1, -0.05) is 63.5 Å². The molecule has 0 saturated carbocycles. The minimum Gasteiger partial charge on any atom is -0.350 e. The van der Waals surface area contributed by atoms with Crippen molar-refractivity contribution in [1.29, 1.82) is 0 Å². The minimum atomic E-state index is -0.393. The molecule has 6 nitrogen and oxygen atoms in total. The number of amides is 2. The lowest BCUT2D eigenvalue weighted by Gasteiger charge is -2.37. The summed E-state index contributed by atoms with van der Waals surface area (Å²) in [5, 5.41) is 6.57. The zero-order chi connectivity index (χ0) is 24.3. The van der Waals surface area contributed by atoms with Crippen LogP contribution in [-0.4, -0.2) is 45.3 Å². The van der Waals surface area contributed by atoms with Gasteiger partial charge in [0, 0.05) is 31.9 Å². The predicted octanol–water partition coefficient (Wildman–Crippen LogP) is 4.47. The van der Waals surface area contributed by atoms with Crippen molar-refractivity contribution in [3.63, 3.8) is 0 Å². The molecule has 1 aromatic carbocycles. The van der Waals surface area contributed by atoms with E-state index in [-0.39, 0.29) is 29.3 Å². The van der Waals surface area contributed by atoms with Crippen molar-refractivity contribution >= 4 is 23.3 Å². The summed E-state index contributed by atoms with van der Waals surface area (Å²) in [7, 11) is 2.06. The molecule has 3 rings (SSSR count). The van der Waals surface area contributed by atoms with E-state index in [1.807, 2.05) is 0 Å². The highest BCUT2D eigenvalue weighted by molar-refractivity contribution is 7.11. The second-order valence-electron chi connectivity index (χ2n) is 10.4. The quantitative estimate of drug-likeness (QED) is 0.596. The smallest absolute Gasteiger partial charge is 0.243 e. The maximum absolute atomic E-state index is 13.5. The van der Waals surface area contributed by atoms with Gasteiger partial charge in [-0.2, -0.15) is 0 Å². The number of likely N-dealkylation sites (tertiary alicyclic amines) is 1. The van der Waals surface area contributed by atoms with Gasteiger partial charge >= 0.3 is 0 Å². The first-order valence-corrected chi connectivity index (χ1v) is 12.9. The third-order valence-electron chi connectivity index (χ3n) is 6.73. The third-order valence-corrected chi connectivity index (χ3v) is 7.99. The number of rotatable bonds is 8. The van der Waals surface area contributed by atoms with Crippen LogP contribution in [-0.2, 0) is 23.2 Å². The molecule has 1 aromatic heterocycles. The Hall–Kier alpha value is -2.12. The van der Waals surface area contributed by atoms with Crippen LogP contribution in [0.3, 0.4) is 0 Å². The predicted molar refractivity (Wildman–Crippen MR) is 136 cm³/mol. The number of aryl methyl sites for hydroxylation is 1. The first-order valence-electron chi connectivity index (χ1n) is 12.1. The standard InChI is InChI=1S/C26H40N4O2S/c1-8-17(2)28-23(26(4,5)6)25(32)30-15-9-10-21(30)24(31)27-16-19-11-13-20(14-12-19)22-18(3)29(7)33-22/h11-14,17,21,23,28H,8-10,15-16H2,1-7H3,(H,27,31)/t17?,21-,23+/m0/s1. The fourth-order valence-electron chi connectivity index (χ4n) is 4.28. The SMILES string of the molecule is CCC(C)N[C@H](C(=O)N1CCC[C@H]1C(=O)NCc1ccc(-c2sn(C)c2C)cc1)C(C)(C)C. The van der Waals surface area contributed by atoms with Crippen LogP contribution in [0.1, 0.15) is 65.1 Å². The van der Waals surface area contributed by atoms with E-state index in [4.69, 9.17) is 0 Å². The Labute approximate surface area is 202 Å². The lowest BCUT2D eigenvalue weighted by molar-refractivity contribution is -0.142. The molecule has 2 heterocycles. The second kappa shape index (κ2) is 10.4. The lowest BCUT2D eigenvalue weighted by Crippen LogP contribution is -2.58. The van der Waals surface area contributed by atoms with Gasteiger partial charge in [0.25, 0.3) is 0 Å². The highest BCUT2D eigenvalue weighted by Gasteiger charge is 2.41. The van der Waals surface area contributed by atoms with Gasteiger partial charge < -0.3 is 19.5 Å². The van der Waals surface area contributed by atoms with E-state index >= 15 is 0 Å². The van der Waals surface area contributed by atoms with Crippen LogP contribution in [0, 0.1) is 12.3 Å². The van der Waals surface area contributed by atoms with Gasteiger partial charge in [-0.15, -0.1) is 0 Å². The maximum atomic E-state index is 13.5. The molecule has 1 aliphatic heterocycles. The average Bonchev–Trinajstić information content (AvgIpc) is 3.28. The Bertz CT molecular complexity index is 954. The zero-order valence-electron chi connectivity index (χ0n) is 21.2. The Morgan fingerprint density at radius 2 is 1.88 bits per heavy atom. The van der Waals surface area contributed by atoms with Crippen molar-refractivity contribution in [2.45, 2.75) is 85.5 Å². The summed E-state index contributed by atoms with van der Waals surface area (Å²) in [6.45, 7) is 13.7. The lowest BCUT2D eigenvalue weighted by atomic mass is 9.85. The maximum Gasteiger partial charge on any atom is 0.243 e. The number of hydrogen-bond acceptors (Lipinski definition) is 4. The van der Waals surface area contributed by atoms with Crippen LogP contribution in [0.5, 0.6) is 0 Å². The van der Waals surface area contributed by atoms with Crippen molar-refractivity contribution < 1.29 is 9.59 Å². The van der Waals surface area contributed by atoms with Gasteiger partial charge in [0.1, 0.15) is 6.04 Å². The molecule has 2 aromatic rings. The molecule has 3 atom stereocenters. The highest BCUT2D eigenvalue weighted by Crippen LogP contribution is 2.31. The Kier molecular flexibility index (Phi) is 8.06. The Balaban J connectivity index is 1.62. The molecule has 2 amide bonds. The number of carbonyl (C=O) groups is 2. The van der Waals surface area contributed by atoms with Crippen molar-refractivity contribution in [2.24, 2.45) is 12.5 Å². The number of benzene rings is 1. The van der Waals surface area contributed by atoms with E-state index in [1.54, 1.807) is 16.4 Å². The van der Waals surface area contributed by atoms with E-state index in [0.29, 0.717) is 13.1 Å². The van der Waals surface area contributed by atoms with Crippen molar-refractivity contribution in [3.8, 4) is 10.4 Å². The van der Waals surface area contributed by atoms with Gasteiger partial charge in [-0.25, -0.2) is 0 Å². The van der Waals surface area contributed by atoms with Gasteiger partial charge in [-0.3, -0.25) is 9.59 Å². The van der Waals surface area contributed by atoms with Crippen LogP contribution >= 0.6 is 11.5 Å². The Morgan fingerprint density at radius 1 is 1.21 bits per heavy atom. The summed E-state index contributed by atoms with van der Waals surface area (Å²) in [5.41, 5.74) is 3.32. The second-order valence-corrected chi connectivity index (χ2v) is 11.5. The number of nitrogens with zero attached hydrogens (tertiary/aromatic N) is 2. The fourth-order valence-corrected chi connectivity index (χ4v) is 5.16. The van der Waals surface area contributed by atoms with E-state index in [1.165, 1.54) is 16.1 Å². The fraction of sp³-hybridized carbons (Fsp3) is 0.615. The molecule has 0 radical (unpaired) electrons. The summed E-state index contributed by atoms with van der Waals surface area (Å²) in [6.07, 6.45) is 2.53. The molecule has 1 unspecified atom stereocenters. The molecule has 0 bridgehead atoms. The molecule has 2 N–H and O–H groups in total. The number of aromatic nitrogens is 1. The molecule has 0 spiro atoms. The molecular weight excluding hydrogens is 432 g/mol. The van der Waals surface area contributed by atoms with Gasteiger partial charge in [-0.05, 0) is 49.7 Å². The van der Waals surface area contributed by atoms with Crippen LogP contribution in [0.25, 0.3) is 10.4 Å². The summed E-state index contributed by atoms with van der Waals surface area (Å²) >= 11 is 1.74. The topological polar surface area (TPSA) is 66.4 Å². The third kappa shape index (κ3) is 5.87. The van der Waals surface area contributed by atoms with Crippen LogP contribution in [0.4, 0.5) is 0 Å². The van der Waals surface area contributed by atoms with E-state index in [2.05, 4.69) is 87.4 Å². The number of carbonyl (C=O) groups excluding carboxylic acids is 2. The van der Waals surface area contributed by atoms with Crippen molar-refractivity contribution in [2.75, 3.05) is 6.54 Å². The molecule has 1 fully saturated rings. The first kappa shape index (κ1) is 25.5. The molecule has 1 saturated heterocycles. The minimum absolute atomic E-state index is 0.0383. The largest absolute Gasteiger partial charge is 0.350 e. The normalized spacial score (nSPS) is 18.4. The molecule has 7 heteroatoms. The van der Waals surface area contributed by atoms with Crippen LogP contribution in [0.2, 0.25) is 0 Å². The highest BCUT2D eigenvalue weighted by atomic mass is 32.1. The Morgan fingerprint density at radius 3 is 2.42 bits per heavy atom. The number of nitrogens with one attached hydrogen (secondary N) is 2. The summed E-state index contributed by atoms with van der Waals surface area (Å²) < 4.78 is 2.15. The number of hydrogen-bond donors (Lipinski definition) is 2. The molecule has 182 valence electrons. The average molecular weight is 473 g/mol. The van der Waals surface area contributed by atoms with Crippen molar-refractivity contribution in [1.82, 2.24) is 19.5 Å². The van der Waals surface area contributed by atoms with Gasteiger partial charge in [0.2, 0.25) is 11.8 Å². The van der Waals surface area contributed by atoms with E-state index in [9.17, 15) is 9.59 Å². The van der Waals surface area contributed by atoms with Crippen LogP contribution in [0.15, 0.2) is 24.3 Å².